The highest BCUT2D eigenvalue weighted by atomic mass is 19.1. The van der Waals surface area contributed by atoms with Gasteiger partial charge in [0.15, 0.2) is 0 Å². The number of rotatable bonds is 7. The molecule has 3 atom stereocenters. The minimum Gasteiger partial charge on any atom is -0.508 e. The number of benzene rings is 3. The van der Waals surface area contributed by atoms with Crippen LogP contribution in [0.3, 0.4) is 0 Å². The molecule has 36 heavy (non-hydrogen) atoms. The number of likely N-dealkylation sites (tertiary alicyclic amines) is 1. The van der Waals surface area contributed by atoms with Crippen molar-refractivity contribution in [1.82, 2.24) is 4.90 Å². The van der Waals surface area contributed by atoms with E-state index in [4.69, 9.17) is 9.47 Å². The number of alkyl halides is 1. The summed E-state index contributed by atoms with van der Waals surface area (Å²) in [6.45, 7) is 9.03. The molecular weight excluding hydrogens is 453 g/mol. The Kier molecular flexibility index (Phi) is 7.01. The number of aromatic hydroxyl groups is 1. The fourth-order valence-electron chi connectivity index (χ4n) is 5.25. The van der Waals surface area contributed by atoms with Crippen LogP contribution >= 0.6 is 0 Å². The fourth-order valence-corrected chi connectivity index (χ4v) is 5.25. The Morgan fingerprint density at radius 2 is 1.83 bits per heavy atom. The molecule has 2 heterocycles. The molecule has 0 spiro atoms. The maximum atomic E-state index is 13.1. The Balaban J connectivity index is 1.40. The van der Waals surface area contributed by atoms with E-state index in [-0.39, 0.29) is 11.9 Å². The Bertz CT molecular complexity index is 1240. The van der Waals surface area contributed by atoms with Gasteiger partial charge in [0.1, 0.15) is 36.6 Å². The first kappa shape index (κ1) is 24.4. The van der Waals surface area contributed by atoms with Crippen molar-refractivity contribution >= 4 is 11.1 Å². The van der Waals surface area contributed by atoms with Gasteiger partial charge in [-0.25, -0.2) is 4.39 Å². The topological polar surface area (TPSA) is 41.9 Å². The molecule has 5 rings (SSSR count). The average molecular weight is 488 g/mol. The number of halogens is 1. The summed E-state index contributed by atoms with van der Waals surface area (Å²) in [5.41, 5.74) is 5.51. The molecule has 1 unspecified atom stereocenters. The van der Waals surface area contributed by atoms with Gasteiger partial charge >= 0.3 is 0 Å². The number of phenolic OH excluding ortho intramolecular Hbond substituents is 1. The Labute approximate surface area is 213 Å². The van der Waals surface area contributed by atoms with Crippen molar-refractivity contribution in [2.45, 2.75) is 46.0 Å². The SMILES string of the molecule is CC1=C(c2ccc(CF)cc2)C(c2ccc(OC[C@H](C)N3CC[C@@H](C)C3)cc2)Oc2ccc(O)cc21. The van der Waals surface area contributed by atoms with E-state index in [2.05, 4.69) is 30.9 Å². The van der Waals surface area contributed by atoms with Crippen LogP contribution in [0.1, 0.15) is 55.5 Å². The maximum Gasteiger partial charge on any atom is 0.150 e. The predicted octanol–water partition coefficient (Wildman–Crippen LogP) is 7.04. The lowest BCUT2D eigenvalue weighted by molar-refractivity contribution is 0.169. The van der Waals surface area contributed by atoms with Crippen LogP contribution in [0.15, 0.2) is 66.7 Å². The highest BCUT2D eigenvalue weighted by Gasteiger charge is 2.30. The third-order valence-corrected chi connectivity index (χ3v) is 7.45. The molecular formula is C31H34FNO3. The summed E-state index contributed by atoms with van der Waals surface area (Å²) >= 11 is 0. The lowest BCUT2D eigenvalue weighted by atomic mass is 9.86. The number of nitrogens with zero attached hydrogens (tertiary/aromatic N) is 1. The minimum absolute atomic E-state index is 0.196. The molecule has 0 saturated carbocycles. The van der Waals surface area contributed by atoms with Gasteiger partial charge in [-0.2, -0.15) is 0 Å². The fraction of sp³-hybridized carbons (Fsp3) is 0.355. The molecule has 5 heteroatoms. The Hall–Kier alpha value is -3.31. The van der Waals surface area contributed by atoms with Crippen molar-refractivity contribution in [2.75, 3.05) is 19.7 Å². The number of hydrogen-bond donors (Lipinski definition) is 1. The molecule has 1 saturated heterocycles. The number of ether oxygens (including phenoxy) is 2. The molecule has 0 radical (unpaired) electrons. The monoisotopic (exact) mass is 487 g/mol. The average Bonchev–Trinajstić information content (AvgIpc) is 3.34. The van der Waals surface area contributed by atoms with Crippen LogP contribution in [0.4, 0.5) is 4.39 Å². The first-order valence-electron chi connectivity index (χ1n) is 12.8. The molecule has 188 valence electrons. The summed E-state index contributed by atoms with van der Waals surface area (Å²) in [6, 6.07) is 21.2. The molecule has 3 aromatic rings. The summed E-state index contributed by atoms with van der Waals surface area (Å²) in [5.74, 6) is 2.53. The molecule has 1 N–H and O–H groups in total. The van der Waals surface area contributed by atoms with Crippen LogP contribution in [-0.2, 0) is 6.67 Å². The van der Waals surface area contributed by atoms with Crippen LogP contribution in [0.25, 0.3) is 11.1 Å². The Morgan fingerprint density at radius 3 is 2.50 bits per heavy atom. The van der Waals surface area contributed by atoms with Gasteiger partial charge in [0, 0.05) is 23.7 Å². The first-order valence-corrected chi connectivity index (χ1v) is 12.8. The van der Waals surface area contributed by atoms with Crippen molar-refractivity contribution in [3.8, 4) is 17.2 Å². The minimum atomic E-state index is -0.494. The van der Waals surface area contributed by atoms with E-state index in [1.807, 2.05) is 49.4 Å². The van der Waals surface area contributed by atoms with Gasteiger partial charge in [-0.1, -0.05) is 43.3 Å². The van der Waals surface area contributed by atoms with E-state index in [9.17, 15) is 9.50 Å². The zero-order chi connectivity index (χ0) is 25.2. The van der Waals surface area contributed by atoms with Crippen molar-refractivity contribution in [3.05, 3.63) is 89.0 Å². The second-order valence-corrected chi connectivity index (χ2v) is 10.2. The predicted molar refractivity (Wildman–Crippen MR) is 142 cm³/mol. The molecule has 2 aliphatic rings. The van der Waals surface area contributed by atoms with E-state index < -0.39 is 6.67 Å². The number of fused-ring (bicyclic) bond motifs is 1. The van der Waals surface area contributed by atoms with Gasteiger partial charge in [0.05, 0.1) is 0 Å². The van der Waals surface area contributed by atoms with E-state index in [0.717, 1.165) is 58.3 Å². The van der Waals surface area contributed by atoms with E-state index >= 15 is 0 Å². The Morgan fingerprint density at radius 1 is 1.08 bits per heavy atom. The lowest BCUT2D eigenvalue weighted by Crippen LogP contribution is -2.35. The summed E-state index contributed by atoms with van der Waals surface area (Å²) in [5, 5.41) is 10.1. The molecule has 1 fully saturated rings. The zero-order valence-corrected chi connectivity index (χ0v) is 21.2. The van der Waals surface area contributed by atoms with E-state index in [1.54, 1.807) is 12.1 Å². The van der Waals surface area contributed by atoms with Crippen LogP contribution in [0.5, 0.6) is 17.2 Å². The summed E-state index contributed by atoms with van der Waals surface area (Å²) < 4.78 is 25.8. The molecule has 4 nitrogen and oxygen atoms in total. The normalized spacial score (nSPS) is 20.7. The van der Waals surface area contributed by atoms with Crippen LogP contribution in [0, 0.1) is 5.92 Å². The zero-order valence-electron chi connectivity index (χ0n) is 21.2. The maximum absolute atomic E-state index is 13.1. The van der Waals surface area contributed by atoms with Crippen LogP contribution in [-0.4, -0.2) is 35.7 Å². The number of hydrogen-bond acceptors (Lipinski definition) is 4. The molecule has 0 bridgehead atoms. The molecule has 2 aliphatic heterocycles. The van der Waals surface area contributed by atoms with Crippen molar-refractivity contribution in [2.24, 2.45) is 5.92 Å². The van der Waals surface area contributed by atoms with Gasteiger partial charge in [0.2, 0.25) is 0 Å². The summed E-state index contributed by atoms with van der Waals surface area (Å²) in [6.07, 6.45) is 0.923. The van der Waals surface area contributed by atoms with Crippen molar-refractivity contribution in [3.63, 3.8) is 0 Å². The lowest BCUT2D eigenvalue weighted by Gasteiger charge is -2.31. The van der Waals surface area contributed by atoms with Gasteiger partial charge in [-0.15, -0.1) is 0 Å². The van der Waals surface area contributed by atoms with Gasteiger partial charge in [0.25, 0.3) is 0 Å². The molecule has 0 aromatic heterocycles. The van der Waals surface area contributed by atoms with Gasteiger partial charge in [-0.3, -0.25) is 4.90 Å². The highest BCUT2D eigenvalue weighted by molar-refractivity contribution is 5.95. The second kappa shape index (κ2) is 10.4. The van der Waals surface area contributed by atoms with Gasteiger partial charge in [-0.05, 0) is 85.3 Å². The first-order chi connectivity index (χ1) is 17.4. The molecule has 0 aliphatic carbocycles. The van der Waals surface area contributed by atoms with E-state index in [0.29, 0.717) is 18.2 Å². The third kappa shape index (κ3) is 4.98. The largest absolute Gasteiger partial charge is 0.508 e. The number of allylic oxidation sites excluding steroid dienone is 1. The van der Waals surface area contributed by atoms with Crippen molar-refractivity contribution < 1.29 is 19.0 Å². The molecule has 3 aromatic carbocycles. The summed E-state index contributed by atoms with van der Waals surface area (Å²) in [7, 11) is 0. The summed E-state index contributed by atoms with van der Waals surface area (Å²) in [4.78, 5) is 2.50. The number of phenols is 1. The van der Waals surface area contributed by atoms with Crippen molar-refractivity contribution in [1.29, 1.82) is 0 Å². The highest BCUT2D eigenvalue weighted by Crippen LogP contribution is 2.47. The molecule has 0 amide bonds. The second-order valence-electron chi connectivity index (χ2n) is 10.2. The standard InChI is InChI=1S/C31H34FNO3/c1-20-14-15-33(18-20)21(2)19-35-27-11-8-25(9-12-27)31-30(24-6-4-23(17-32)5-7-24)22(3)28-16-26(34)10-13-29(28)36-31/h4-13,16,20-21,31,34H,14-15,17-19H2,1-3H3/t20-,21+,31?/m1/s1. The third-order valence-electron chi connectivity index (χ3n) is 7.45. The smallest absolute Gasteiger partial charge is 0.150 e. The van der Waals surface area contributed by atoms with Crippen LogP contribution < -0.4 is 9.47 Å². The van der Waals surface area contributed by atoms with Gasteiger partial charge < -0.3 is 14.6 Å². The quantitative estimate of drug-likeness (QED) is 0.388. The van der Waals surface area contributed by atoms with Crippen LogP contribution in [0.2, 0.25) is 0 Å². The van der Waals surface area contributed by atoms with E-state index in [1.165, 1.54) is 6.42 Å².